The van der Waals surface area contributed by atoms with E-state index >= 15 is 0 Å². The van der Waals surface area contributed by atoms with Gasteiger partial charge in [-0.2, -0.15) is 0 Å². The zero-order chi connectivity index (χ0) is 30.2. The minimum Gasteiger partial charge on any atom is -0.508 e. The third kappa shape index (κ3) is 7.54. The molecule has 1 heterocycles. The summed E-state index contributed by atoms with van der Waals surface area (Å²) in [6.45, 7) is 4.47. The molecule has 4 rings (SSSR count). The lowest BCUT2D eigenvalue weighted by atomic mass is 9.91. The fraction of sp³-hybridized carbons (Fsp3) is 0.364. The molecule has 0 radical (unpaired) electrons. The highest BCUT2D eigenvalue weighted by Crippen LogP contribution is 2.26. The number of aryl methyl sites for hydroxylation is 2. The maximum absolute atomic E-state index is 13.9. The number of amides is 3. The molecule has 3 unspecified atom stereocenters. The molecular weight excluding hydrogens is 530 g/mol. The first-order valence-electron chi connectivity index (χ1n) is 14.5. The van der Waals surface area contributed by atoms with Crippen molar-refractivity contribution in [3.63, 3.8) is 0 Å². The fourth-order valence-electron chi connectivity index (χ4n) is 5.58. The first kappa shape index (κ1) is 30.7. The predicted molar refractivity (Wildman–Crippen MR) is 164 cm³/mol. The van der Waals surface area contributed by atoms with Crippen molar-refractivity contribution in [2.75, 3.05) is 11.9 Å². The number of phenols is 1. The quantitative estimate of drug-likeness (QED) is 0.223. The van der Waals surface area contributed by atoms with Gasteiger partial charge in [0, 0.05) is 18.7 Å². The van der Waals surface area contributed by atoms with E-state index in [0.29, 0.717) is 31.5 Å². The van der Waals surface area contributed by atoms with E-state index in [9.17, 15) is 19.5 Å². The second kappa shape index (κ2) is 14.1. The Morgan fingerprint density at radius 1 is 0.976 bits per heavy atom. The molecule has 1 aliphatic heterocycles. The van der Waals surface area contributed by atoms with Crippen LogP contribution >= 0.6 is 0 Å². The zero-order valence-corrected chi connectivity index (χ0v) is 24.3. The largest absolute Gasteiger partial charge is 0.508 e. The first-order valence-corrected chi connectivity index (χ1v) is 14.5. The number of carbonyl (C=O) groups is 3. The van der Waals surface area contributed by atoms with Crippen molar-refractivity contribution in [3.8, 4) is 5.75 Å². The minimum atomic E-state index is -0.894. The summed E-state index contributed by atoms with van der Waals surface area (Å²) in [6, 6.07) is 17.6. The summed E-state index contributed by atoms with van der Waals surface area (Å²) in [5, 5.41) is 15.8. The van der Waals surface area contributed by atoms with Gasteiger partial charge in [-0.05, 0) is 98.2 Å². The molecule has 3 amide bonds. The summed E-state index contributed by atoms with van der Waals surface area (Å²) < 4.78 is 0. The van der Waals surface area contributed by atoms with Crippen LogP contribution in [-0.2, 0) is 33.8 Å². The molecule has 9 heteroatoms. The topological polar surface area (TPSA) is 151 Å². The number of nitrogens with zero attached hydrogens (tertiary/aromatic N) is 1. The van der Waals surface area contributed by atoms with E-state index in [4.69, 9.17) is 11.5 Å². The minimum absolute atomic E-state index is 0.162. The van der Waals surface area contributed by atoms with Crippen molar-refractivity contribution >= 4 is 23.4 Å². The number of rotatable bonds is 11. The normalized spacial score (nSPS) is 15.8. The molecule has 0 saturated carbocycles. The fourth-order valence-corrected chi connectivity index (χ4v) is 5.58. The molecule has 3 atom stereocenters. The van der Waals surface area contributed by atoms with Gasteiger partial charge in [0.2, 0.25) is 17.7 Å². The van der Waals surface area contributed by atoms with E-state index in [1.165, 1.54) is 0 Å². The average molecular weight is 572 g/mol. The highest BCUT2D eigenvalue weighted by molar-refractivity contribution is 5.98. The Labute approximate surface area is 247 Å². The Hall–Kier alpha value is -4.21. The van der Waals surface area contributed by atoms with Crippen LogP contribution < -0.4 is 22.1 Å². The average Bonchev–Trinajstić information content (AvgIpc) is 2.97. The maximum Gasteiger partial charge on any atom is 0.246 e. The summed E-state index contributed by atoms with van der Waals surface area (Å²) in [7, 11) is 0. The number of para-hydroxylation sites is 1. The SMILES string of the molecule is Cc1cc(O)cc(C)c1CC(N)C(=O)N1Cc2ccccc2CC1C(=O)NC(CCCCN)C(=O)Nc1ccccc1. The molecule has 0 saturated heterocycles. The van der Waals surface area contributed by atoms with Crippen molar-refractivity contribution < 1.29 is 19.5 Å². The van der Waals surface area contributed by atoms with E-state index in [-0.39, 0.29) is 30.5 Å². The molecule has 3 aromatic rings. The number of phenolic OH excluding ortho intramolecular Hbond substituents is 1. The Balaban J connectivity index is 1.56. The van der Waals surface area contributed by atoms with Gasteiger partial charge in [-0.25, -0.2) is 0 Å². The van der Waals surface area contributed by atoms with Gasteiger partial charge < -0.3 is 32.1 Å². The Kier molecular flexibility index (Phi) is 10.3. The van der Waals surface area contributed by atoms with E-state index < -0.39 is 24.0 Å². The second-order valence-electron chi connectivity index (χ2n) is 11.0. The number of fused-ring (bicyclic) bond motifs is 1. The lowest BCUT2D eigenvalue weighted by Crippen LogP contribution is -2.58. The van der Waals surface area contributed by atoms with Gasteiger partial charge in [-0.15, -0.1) is 0 Å². The molecule has 7 N–H and O–H groups in total. The lowest BCUT2D eigenvalue weighted by Gasteiger charge is -2.38. The molecule has 0 aliphatic carbocycles. The standard InChI is InChI=1S/C33H41N5O4/c1-21-16-26(39)17-22(2)27(21)19-28(35)33(42)38-20-24-11-7-6-10-23(24)18-30(38)32(41)37-29(14-8-9-15-34)31(40)36-25-12-4-3-5-13-25/h3-7,10-13,16-17,28-30,39H,8-9,14-15,18-20,34-35H2,1-2H3,(H,36,40)(H,37,41). The third-order valence-electron chi connectivity index (χ3n) is 7.88. The van der Waals surface area contributed by atoms with Gasteiger partial charge in [0.05, 0.1) is 6.04 Å². The van der Waals surface area contributed by atoms with Gasteiger partial charge in [0.15, 0.2) is 0 Å². The monoisotopic (exact) mass is 571 g/mol. The van der Waals surface area contributed by atoms with Crippen LogP contribution in [0.5, 0.6) is 5.75 Å². The number of unbranched alkanes of at least 4 members (excludes halogenated alkanes) is 1. The second-order valence-corrected chi connectivity index (χ2v) is 11.0. The van der Waals surface area contributed by atoms with Gasteiger partial charge in [0.1, 0.15) is 17.8 Å². The Morgan fingerprint density at radius 3 is 2.29 bits per heavy atom. The molecule has 3 aromatic carbocycles. The van der Waals surface area contributed by atoms with Crippen LogP contribution in [0.1, 0.15) is 47.1 Å². The van der Waals surface area contributed by atoms with Gasteiger partial charge in [0.25, 0.3) is 0 Å². The zero-order valence-electron chi connectivity index (χ0n) is 24.3. The first-order chi connectivity index (χ1) is 20.2. The van der Waals surface area contributed by atoms with Crippen LogP contribution in [0.3, 0.4) is 0 Å². The molecule has 42 heavy (non-hydrogen) atoms. The van der Waals surface area contributed by atoms with Crippen molar-refractivity contribution in [1.82, 2.24) is 10.2 Å². The number of hydrogen-bond donors (Lipinski definition) is 5. The van der Waals surface area contributed by atoms with E-state index in [2.05, 4.69) is 10.6 Å². The molecule has 0 spiro atoms. The van der Waals surface area contributed by atoms with Crippen LogP contribution in [-0.4, -0.2) is 52.4 Å². The van der Waals surface area contributed by atoms with Crippen LogP contribution in [0.4, 0.5) is 5.69 Å². The lowest BCUT2D eigenvalue weighted by molar-refractivity contribution is -0.143. The summed E-state index contributed by atoms with van der Waals surface area (Å²) in [6.07, 6.45) is 2.38. The summed E-state index contributed by atoms with van der Waals surface area (Å²) >= 11 is 0. The van der Waals surface area contributed by atoms with E-state index in [0.717, 1.165) is 34.2 Å². The molecular formula is C33H41N5O4. The van der Waals surface area contributed by atoms with Gasteiger partial charge in [-0.1, -0.05) is 42.5 Å². The maximum atomic E-state index is 13.9. The van der Waals surface area contributed by atoms with Crippen molar-refractivity contribution in [2.24, 2.45) is 11.5 Å². The molecule has 9 nitrogen and oxygen atoms in total. The Morgan fingerprint density at radius 2 is 1.62 bits per heavy atom. The number of hydrogen-bond acceptors (Lipinski definition) is 6. The molecule has 0 fully saturated rings. The molecule has 0 aromatic heterocycles. The van der Waals surface area contributed by atoms with Gasteiger partial charge in [-0.3, -0.25) is 14.4 Å². The highest BCUT2D eigenvalue weighted by atomic mass is 16.3. The summed E-state index contributed by atoms with van der Waals surface area (Å²) in [5.41, 5.74) is 17.3. The van der Waals surface area contributed by atoms with E-state index in [1.807, 2.05) is 56.3 Å². The number of benzene rings is 3. The highest BCUT2D eigenvalue weighted by Gasteiger charge is 2.38. The van der Waals surface area contributed by atoms with Crippen LogP contribution in [0.2, 0.25) is 0 Å². The smallest absolute Gasteiger partial charge is 0.246 e. The van der Waals surface area contributed by atoms with Crippen LogP contribution in [0, 0.1) is 13.8 Å². The molecule has 1 aliphatic rings. The van der Waals surface area contributed by atoms with Gasteiger partial charge >= 0.3 is 0 Å². The molecule has 0 bridgehead atoms. The summed E-state index contributed by atoms with van der Waals surface area (Å²) in [5.74, 6) is -0.904. The van der Waals surface area contributed by atoms with Crippen molar-refractivity contribution in [1.29, 1.82) is 0 Å². The predicted octanol–water partition coefficient (Wildman–Crippen LogP) is 3.08. The van der Waals surface area contributed by atoms with E-state index in [1.54, 1.807) is 29.2 Å². The third-order valence-corrected chi connectivity index (χ3v) is 7.88. The molecule has 222 valence electrons. The number of nitrogens with two attached hydrogens (primary N) is 2. The number of carbonyl (C=O) groups excluding carboxylic acids is 3. The van der Waals surface area contributed by atoms with Crippen LogP contribution in [0.25, 0.3) is 0 Å². The Bertz CT molecular complexity index is 1390. The van der Waals surface area contributed by atoms with Crippen molar-refractivity contribution in [3.05, 3.63) is 94.5 Å². The number of aromatic hydroxyl groups is 1. The number of anilines is 1. The number of nitrogens with one attached hydrogen (secondary N) is 2. The van der Waals surface area contributed by atoms with Crippen molar-refractivity contribution in [2.45, 2.75) is 70.6 Å². The van der Waals surface area contributed by atoms with Crippen LogP contribution in [0.15, 0.2) is 66.7 Å². The summed E-state index contributed by atoms with van der Waals surface area (Å²) in [4.78, 5) is 42.5.